The molecule has 4 heteroatoms. The van der Waals surface area contributed by atoms with Gasteiger partial charge in [-0.3, -0.25) is 9.69 Å². The van der Waals surface area contributed by atoms with Crippen LogP contribution in [0.1, 0.15) is 6.92 Å². The average Bonchev–Trinajstić information content (AvgIpc) is 1.64. The molecule has 1 N–H and O–H groups in total. The fraction of sp³-hybridized carbons (Fsp3) is 0.800. The maximum absolute atomic E-state index is 10.1. The van der Waals surface area contributed by atoms with Gasteiger partial charge in [-0.1, -0.05) is 0 Å². The number of likely N-dealkylation sites (N-methyl/N-ethyl adjacent to an activating group) is 1. The molecule has 0 rings (SSSR count). The van der Waals surface area contributed by atoms with Crippen molar-refractivity contribution in [2.45, 2.75) is 13.0 Å². The van der Waals surface area contributed by atoms with Crippen molar-refractivity contribution >= 4 is 18.4 Å². The van der Waals surface area contributed by atoms with Gasteiger partial charge in [0.05, 0.1) is 0 Å². The van der Waals surface area contributed by atoms with Gasteiger partial charge in [0.25, 0.3) is 0 Å². The SMILES string of the molecule is C[C@H](C(=O)O)N(C)C.Cl. The van der Waals surface area contributed by atoms with Gasteiger partial charge >= 0.3 is 5.97 Å². The number of nitrogens with zero attached hydrogens (tertiary/aromatic N) is 1. The van der Waals surface area contributed by atoms with Gasteiger partial charge in [-0.15, -0.1) is 12.4 Å². The molecule has 3 nitrogen and oxygen atoms in total. The minimum Gasteiger partial charge on any atom is -0.480 e. The molecule has 0 heterocycles. The van der Waals surface area contributed by atoms with Crippen molar-refractivity contribution in [1.82, 2.24) is 4.90 Å². The molecular formula is C5H12ClNO2. The molecule has 0 radical (unpaired) electrons. The molecular weight excluding hydrogens is 142 g/mol. The van der Waals surface area contributed by atoms with E-state index in [9.17, 15) is 4.79 Å². The monoisotopic (exact) mass is 153 g/mol. The normalized spacial score (nSPS) is 12.4. The molecule has 0 aromatic heterocycles. The highest BCUT2D eigenvalue weighted by molar-refractivity contribution is 5.85. The third-order valence-corrected chi connectivity index (χ3v) is 1.13. The van der Waals surface area contributed by atoms with Crippen molar-refractivity contribution in [2.75, 3.05) is 14.1 Å². The Labute approximate surface area is 61.1 Å². The van der Waals surface area contributed by atoms with Crippen LogP contribution in [0.25, 0.3) is 0 Å². The van der Waals surface area contributed by atoms with Crippen molar-refractivity contribution in [3.8, 4) is 0 Å². The second kappa shape index (κ2) is 4.58. The van der Waals surface area contributed by atoms with Gasteiger partial charge in [-0.05, 0) is 21.0 Å². The first-order valence-electron chi connectivity index (χ1n) is 2.45. The average molecular weight is 154 g/mol. The van der Waals surface area contributed by atoms with E-state index in [1.54, 1.807) is 25.9 Å². The fourth-order valence-corrected chi connectivity index (χ4v) is 0.221. The van der Waals surface area contributed by atoms with E-state index in [1.807, 2.05) is 0 Å². The first-order valence-corrected chi connectivity index (χ1v) is 2.45. The lowest BCUT2D eigenvalue weighted by atomic mass is 10.3. The van der Waals surface area contributed by atoms with Crippen LogP contribution in [0.15, 0.2) is 0 Å². The lowest BCUT2D eigenvalue weighted by molar-refractivity contribution is -0.141. The first kappa shape index (κ1) is 11.5. The summed E-state index contributed by atoms with van der Waals surface area (Å²) >= 11 is 0. The summed E-state index contributed by atoms with van der Waals surface area (Å²) in [4.78, 5) is 11.7. The lowest BCUT2D eigenvalue weighted by Crippen LogP contribution is -2.32. The van der Waals surface area contributed by atoms with Crippen LogP contribution in [0, 0.1) is 0 Å². The summed E-state index contributed by atoms with van der Waals surface area (Å²) in [5.74, 6) is -0.782. The van der Waals surface area contributed by atoms with Crippen LogP contribution in [0.3, 0.4) is 0 Å². The van der Waals surface area contributed by atoms with Gasteiger partial charge in [0, 0.05) is 0 Å². The van der Waals surface area contributed by atoms with E-state index in [-0.39, 0.29) is 18.4 Å². The van der Waals surface area contributed by atoms with Crippen LogP contribution in [0.4, 0.5) is 0 Å². The molecule has 0 amide bonds. The summed E-state index contributed by atoms with van der Waals surface area (Å²) in [6, 6.07) is -0.380. The molecule has 0 aromatic carbocycles. The molecule has 1 atom stereocenters. The van der Waals surface area contributed by atoms with Gasteiger partial charge in [-0.2, -0.15) is 0 Å². The molecule has 0 spiro atoms. The molecule has 0 saturated carbocycles. The van der Waals surface area contributed by atoms with Gasteiger partial charge in [-0.25, -0.2) is 0 Å². The second-order valence-corrected chi connectivity index (χ2v) is 1.98. The Kier molecular flexibility index (Phi) is 5.86. The Hall–Kier alpha value is -0.280. The van der Waals surface area contributed by atoms with Gasteiger partial charge in [0.1, 0.15) is 6.04 Å². The Bertz CT molecular complexity index is 95.0. The Morgan fingerprint density at radius 2 is 1.89 bits per heavy atom. The topological polar surface area (TPSA) is 40.5 Å². The first-order chi connectivity index (χ1) is 3.55. The number of hydrogen-bond acceptors (Lipinski definition) is 2. The van der Waals surface area contributed by atoms with Gasteiger partial charge < -0.3 is 5.11 Å². The predicted molar refractivity (Wildman–Crippen MR) is 38.0 cm³/mol. The molecule has 0 fully saturated rings. The van der Waals surface area contributed by atoms with Crippen LogP contribution in [-0.2, 0) is 4.79 Å². The van der Waals surface area contributed by atoms with E-state index in [0.717, 1.165) is 0 Å². The molecule has 0 bridgehead atoms. The molecule has 9 heavy (non-hydrogen) atoms. The van der Waals surface area contributed by atoms with E-state index < -0.39 is 5.97 Å². The van der Waals surface area contributed by atoms with Crippen LogP contribution >= 0.6 is 12.4 Å². The largest absolute Gasteiger partial charge is 0.480 e. The number of halogens is 1. The maximum atomic E-state index is 10.1. The highest BCUT2D eigenvalue weighted by Gasteiger charge is 2.11. The number of hydrogen-bond donors (Lipinski definition) is 1. The van der Waals surface area contributed by atoms with E-state index in [1.165, 1.54) is 0 Å². The summed E-state index contributed by atoms with van der Waals surface area (Å²) in [6.07, 6.45) is 0. The van der Waals surface area contributed by atoms with E-state index >= 15 is 0 Å². The number of carboxylic acids is 1. The van der Waals surface area contributed by atoms with Crippen molar-refractivity contribution in [1.29, 1.82) is 0 Å². The Balaban J connectivity index is 0. The number of aliphatic carboxylic acids is 1. The number of carbonyl (C=O) groups is 1. The van der Waals surface area contributed by atoms with Crippen molar-refractivity contribution in [2.24, 2.45) is 0 Å². The quantitative estimate of drug-likeness (QED) is 0.626. The third kappa shape index (κ3) is 4.24. The zero-order valence-corrected chi connectivity index (χ0v) is 6.60. The third-order valence-electron chi connectivity index (χ3n) is 1.13. The molecule has 0 saturated heterocycles. The lowest BCUT2D eigenvalue weighted by Gasteiger charge is -2.13. The molecule has 0 aromatic rings. The molecule has 0 aliphatic rings. The maximum Gasteiger partial charge on any atom is 0.320 e. The highest BCUT2D eigenvalue weighted by Crippen LogP contribution is 1.88. The van der Waals surface area contributed by atoms with E-state index in [0.29, 0.717) is 0 Å². The van der Waals surface area contributed by atoms with Crippen molar-refractivity contribution in [3.05, 3.63) is 0 Å². The summed E-state index contributed by atoms with van der Waals surface area (Å²) in [5, 5.41) is 8.31. The minimum atomic E-state index is -0.782. The van der Waals surface area contributed by atoms with Crippen LogP contribution in [0.2, 0.25) is 0 Å². The summed E-state index contributed by atoms with van der Waals surface area (Å²) < 4.78 is 0. The van der Waals surface area contributed by atoms with Gasteiger partial charge in [0.2, 0.25) is 0 Å². The van der Waals surface area contributed by atoms with Crippen LogP contribution in [0.5, 0.6) is 0 Å². The summed E-state index contributed by atoms with van der Waals surface area (Å²) in [7, 11) is 3.47. The molecule has 0 aliphatic heterocycles. The second-order valence-electron chi connectivity index (χ2n) is 1.98. The molecule has 0 unspecified atom stereocenters. The smallest absolute Gasteiger partial charge is 0.320 e. The Morgan fingerprint density at radius 1 is 1.56 bits per heavy atom. The number of carboxylic acid groups (broad SMARTS) is 1. The zero-order valence-electron chi connectivity index (χ0n) is 5.79. The van der Waals surface area contributed by atoms with Crippen LogP contribution in [-0.4, -0.2) is 36.1 Å². The zero-order chi connectivity index (χ0) is 6.73. The highest BCUT2D eigenvalue weighted by atomic mass is 35.5. The van der Waals surface area contributed by atoms with Crippen molar-refractivity contribution < 1.29 is 9.90 Å². The molecule has 56 valence electrons. The van der Waals surface area contributed by atoms with E-state index in [2.05, 4.69) is 0 Å². The van der Waals surface area contributed by atoms with E-state index in [4.69, 9.17) is 5.11 Å². The fourth-order valence-electron chi connectivity index (χ4n) is 0.221. The standard InChI is InChI=1S/C5H11NO2.ClH/c1-4(5(7)8)6(2)3;/h4H,1-3H3,(H,7,8);1H/t4-;/m1./s1. The van der Waals surface area contributed by atoms with Gasteiger partial charge in [0.15, 0.2) is 0 Å². The summed E-state index contributed by atoms with van der Waals surface area (Å²) in [6.45, 7) is 1.64. The number of rotatable bonds is 2. The molecule has 0 aliphatic carbocycles. The van der Waals surface area contributed by atoms with Crippen LogP contribution < -0.4 is 0 Å². The van der Waals surface area contributed by atoms with Crippen molar-refractivity contribution in [3.63, 3.8) is 0 Å². The Morgan fingerprint density at radius 3 is 1.89 bits per heavy atom. The summed E-state index contributed by atoms with van der Waals surface area (Å²) in [5.41, 5.74) is 0. The predicted octanol–water partition coefficient (Wildman–Crippen LogP) is 0.443. The minimum absolute atomic E-state index is 0.